The lowest BCUT2D eigenvalue weighted by Crippen LogP contribution is -1.85. The highest BCUT2D eigenvalue weighted by molar-refractivity contribution is 5.86. The number of hydrogen-bond donors (Lipinski definition) is 1. The molecular weight excluding hydrogens is 222 g/mol. The summed E-state index contributed by atoms with van der Waals surface area (Å²) in [5.41, 5.74) is 1.06. The van der Waals surface area contributed by atoms with E-state index in [0.29, 0.717) is 0 Å². The first-order chi connectivity index (χ1) is 8.86. The van der Waals surface area contributed by atoms with E-state index >= 15 is 0 Å². The van der Waals surface area contributed by atoms with Crippen LogP contribution in [0.3, 0.4) is 0 Å². The topological polar surface area (TPSA) is 41.6 Å². The van der Waals surface area contributed by atoms with E-state index in [2.05, 4.69) is 52.4 Å². The van der Waals surface area contributed by atoms with Gasteiger partial charge in [-0.05, 0) is 23.3 Å². The van der Waals surface area contributed by atoms with Crippen molar-refractivity contribution in [3.63, 3.8) is 0 Å². The van der Waals surface area contributed by atoms with Crippen molar-refractivity contribution < 1.29 is 0 Å². The number of benzene rings is 2. The fourth-order valence-electron chi connectivity index (χ4n) is 2.10. The van der Waals surface area contributed by atoms with E-state index in [1.807, 2.05) is 12.1 Å². The molecule has 0 fully saturated rings. The summed E-state index contributed by atoms with van der Waals surface area (Å²) in [5.74, 6) is 1.74. The highest BCUT2D eigenvalue weighted by Crippen LogP contribution is 2.21. The van der Waals surface area contributed by atoms with Crippen LogP contribution < -0.4 is 0 Å². The van der Waals surface area contributed by atoms with E-state index in [0.717, 1.165) is 30.1 Å². The maximum absolute atomic E-state index is 4.51. The Morgan fingerprint density at radius 1 is 1.06 bits per heavy atom. The van der Waals surface area contributed by atoms with Crippen molar-refractivity contribution in [2.45, 2.75) is 19.8 Å². The first kappa shape index (κ1) is 11.0. The van der Waals surface area contributed by atoms with Gasteiger partial charge in [0.1, 0.15) is 5.82 Å². The molecule has 0 unspecified atom stereocenters. The fraction of sp³-hybridized carbons (Fsp3) is 0.200. The zero-order chi connectivity index (χ0) is 12.4. The molecule has 2 aromatic carbocycles. The van der Waals surface area contributed by atoms with Crippen molar-refractivity contribution in [3.8, 4) is 11.4 Å². The average molecular weight is 237 g/mol. The van der Waals surface area contributed by atoms with Crippen molar-refractivity contribution >= 4 is 10.8 Å². The molecule has 1 aromatic heterocycles. The van der Waals surface area contributed by atoms with Crippen LogP contribution in [0.1, 0.15) is 19.2 Å². The van der Waals surface area contributed by atoms with E-state index in [9.17, 15) is 0 Å². The molecular formula is C15H15N3. The third-order valence-corrected chi connectivity index (χ3v) is 3.03. The smallest absolute Gasteiger partial charge is 0.181 e. The third-order valence-electron chi connectivity index (χ3n) is 3.03. The molecule has 0 aliphatic carbocycles. The van der Waals surface area contributed by atoms with Gasteiger partial charge in [0, 0.05) is 12.0 Å². The minimum atomic E-state index is 0.782. The van der Waals surface area contributed by atoms with E-state index in [4.69, 9.17) is 0 Å². The number of aryl methyl sites for hydroxylation is 1. The SMILES string of the molecule is CCCc1nc(-c2ccc3ccccc3c2)n[nH]1. The van der Waals surface area contributed by atoms with Gasteiger partial charge < -0.3 is 0 Å². The number of aromatic amines is 1. The summed E-state index contributed by atoms with van der Waals surface area (Å²) < 4.78 is 0. The minimum Gasteiger partial charge on any atom is -0.263 e. The van der Waals surface area contributed by atoms with Crippen LogP contribution in [0.15, 0.2) is 42.5 Å². The van der Waals surface area contributed by atoms with Gasteiger partial charge in [0.2, 0.25) is 0 Å². The maximum Gasteiger partial charge on any atom is 0.181 e. The van der Waals surface area contributed by atoms with Crippen LogP contribution in [-0.4, -0.2) is 15.2 Å². The zero-order valence-corrected chi connectivity index (χ0v) is 10.4. The molecule has 0 atom stereocenters. The maximum atomic E-state index is 4.51. The fourth-order valence-corrected chi connectivity index (χ4v) is 2.10. The van der Waals surface area contributed by atoms with Crippen molar-refractivity contribution in [2.75, 3.05) is 0 Å². The van der Waals surface area contributed by atoms with Crippen molar-refractivity contribution in [3.05, 3.63) is 48.3 Å². The summed E-state index contributed by atoms with van der Waals surface area (Å²) in [6, 6.07) is 14.6. The van der Waals surface area contributed by atoms with Crippen molar-refractivity contribution in [1.82, 2.24) is 15.2 Å². The van der Waals surface area contributed by atoms with Crippen LogP contribution in [0.2, 0.25) is 0 Å². The summed E-state index contributed by atoms with van der Waals surface area (Å²) >= 11 is 0. The standard InChI is InChI=1S/C15H15N3/c1-2-5-14-16-15(18-17-14)13-9-8-11-6-3-4-7-12(11)10-13/h3-4,6-10H,2,5H2,1H3,(H,16,17,18). The number of hydrogen-bond acceptors (Lipinski definition) is 2. The van der Waals surface area contributed by atoms with E-state index in [-0.39, 0.29) is 0 Å². The predicted molar refractivity (Wildman–Crippen MR) is 73.3 cm³/mol. The number of nitrogens with zero attached hydrogens (tertiary/aromatic N) is 2. The van der Waals surface area contributed by atoms with E-state index < -0.39 is 0 Å². The zero-order valence-electron chi connectivity index (χ0n) is 10.4. The highest BCUT2D eigenvalue weighted by atomic mass is 15.2. The molecule has 18 heavy (non-hydrogen) atoms. The number of H-pyrrole nitrogens is 1. The lowest BCUT2D eigenvalue weighted by Gasteiger charge is -1.99. The lowest BCUT2D eigenvalue weighted by atomic mass is 10.1. The molecule has 90 valence electrons. The number of rotatable bonds is 3. The molecule has 0 aliphatic heterocycles. The summed E-state index contributed by atoms with van der Waals surface area (Å²) in [6.45, 7) is 2.14. The summed E-state index contributed by atoms with van der Waals surface area (Å²) in [5, 5.41) is 9.73. The third kappa shape index (κ3) is 1.99. The molecule has 3 nitrogen and oxygen atoms in total. The molecule has 1 heterocycles. The Labute approximate surface area is 106 Å². The highest BCUT2D eigenvalue weighted by Gasteiger charge is 2.05. The van der Waals surface area contributed by atoms with Gasteiger partial charge in [0.15, 0.2) is 5.82 Å². The number of nitrogens with one attached hydrogen (secondary N) is 1. The van der Waals surface area contributed by atoms with Crippen LogP contribution in [0.25, 0.3) is 22.2 Å². The first-order valence-corrected chi connectivity index (χ1v) is 6.27. The van der Waals surface area contributed by atoms with Crippen LogP contribution >= 0.6 is 0 Å². The van der Waals surface area contributed by atoms with Gasteiger partial charge >= 0.3 is 0 Å². The monoisotopic (exact) mass is 237 g/mol. The number of fused-ring (bicyclic) bond motifs is 1. The molecule has 0 saturated carbocycles. The van der Waals surface area contributed by atoms with Crippen LogP contribution in [-0.2, 0) is 6.42 Å². The largest absolute Gasteiger partial charge is 0.263 e. The average Bonchev–Trinajstić information content (AvgIpc) is 2.87. The quantitative estimate of drug-likeness (QED) is 0.756. The van der Waals surface area contributed by atoms with Gasteiger partial charge in [-0.25, -0.2) is 4.98 Å². The number of aromatic nitrogens is 3. The lowest BCUT2D eigenvalue weighted by molar-refractivity contribution is 0.841. The van der Waals surface area contributed by atoms with Gasteiger partial charge in [0.25, 0.3) is 0 Å². The molecule has 0 bridgehead atoms. The van der Waals surface area contributed by atoms with Crippen LogP contribution in [0, 0.1) is 0 Å². The second kappa shape index (κ2) is 4.61. The Bertz CT molecular complexity index is 670. The van der Waals surface area contributed by atoms with Crippen LogP contribution in [0.5, 0.6) is 0 Å². The molecule has 3 aromatic rings. The molecule has 1 N–H and O–H groups in total. The van der Waals surface area contributed by atoms with Crippen molar-refractivity contribution in [2.24, 2.45) is 0 Å². The predicted octanol–water partition coefficient (Wildman–Crippen LogP) is 3.58. The summed E-state index contributed by atoms with van der Waals surface area (Å²) in [4.78, 5) is 4.51. The Morgan fingerprint density at radius 3 is 2.72 bits per heavy atom. The summed E-state index contributed by atoms with van der Waals surface area (Å²) in [7, 11) is 0. The molecule has 0 amide bonds. The molecule has 3 rings (SSSR count). The molecule has 3 heteroatoms. The molecule has 0 radical (unpaired) electrons. The molecule has 0 aliphatic rings. The Balaban J connectivity index is 2.02. The Hall–Kier alpha value is -2.16. The van der Waals surface area contributed by atoms with Gasteiger partial charge in [-0.3, -0.25) is 5.10 Å². The van der Waals surface area contributed by atoms with E-state index in [1.165, 1.54) is 10.8 Å². The van der Waals surface area contributed by atoms with Gasteiger partial charge in [-0.2, -0.15) is 5.10 Å². The minimum absolute atomic E-state index is 0.782. The summed E-state index contributed by atoms with van der Waals surface area (Å²) in [6.07, 6.45) is 2.02. The first-order valence-electron chi connectivity index (χ1n) is 6.27. The van der Waals surface area contributed by atoms with Gasteiger partial charge in [-0.15, -0.1) is 0 Å². The second-order valence-corrected chi connectivity index (χ2v) is 4.42. The van der Waals surface area contributed by atoms with Gasteiger partial charge in [0.05, 0.1) is 0 Å². The Morgan fingerprint density at radius 2 is 1.89 bits per heavy atom. The van der Waals surface area contributed by atoms with E-state index in [1.54, 1.807) is 0 Å². The Kier molecular flexibility index (Phi) is 2.81. The molecule has 0 saturated heterocycles. The van der Waals surface area contributed by atoms with Crippen molar-refractivity contribution in [1.29, 1.82) is 0 Å². The van der Waals surface area contributed by atoms with Crippen LogP contribution in [0.4, 0.5) is 0 Å². The van der Waals surface area contributed by atoms with Gasteiger partial charge in [-0.1, -0.05) is 43.3 Å². The second-order valence-electron chi connectivity index (χ2n) is 4.42. The normalized spacial score (nSPS) is 10.9. The molecule has 0 spiro atoms.